The molecule has 1 aromatic rings. The maximum Gasteiger partial charge on any atom is 0.118 e. The van der Waals surface area contributed by atoms with Crippen LogP contribution in [0.4, 0.5) is 0 Å². The molecular weight excluding hydrogens is 346 g/mol. The highest BCUT2D eigenvalue weighted by Crippen LogP contribution is 2.37. The quantitative estimate of drug-likeness (QED) is 0.563. The Morgan fingerprint density at radius 2 is 1.93 bits per heavy atom. The van der Waals surface area contributed by atoms with Crippen LogP contribution in [0.3, 0.4) is 0 Å². The predicted octanol–water partition coefficient (Wildman–Crippen LogP) is 5.71. The third-order valence-electron chi connectivity index (χ3n) is 6.34. The van der Waals surface area contributed by atoms with E-state index in [4.69, 9.17) is 9.47 Å². The topological polar surface area (TPSA) is 21.7 Å². The lowest BCUT2D eigenvalue weighted by Crippen LogP contribution is -2.40. The normalized spacial score (nSPS) is 25.6. The van der Waals surface area contributed by atoms with E-state index >= 15 is 0 Å². The van der Waals surface area contributed by atoms with Gasteiger partial charge in [-0.25, -0.2) is 0 Å². The van der Waals surface area contributed by atoms with E-state index in [1.54, 1.807) is 7.11 Å². The fraction of sp³-hybridized carbons (Fsp3) is 0.600. The molecule has 2 atom stereocenters. The molecule has 2 unspecified atom stereocenters. The van der Waals surface area contributed by atoms with Gasteiger partial charge in [0.25, 0.3) is 0 Å². The van der Waals surface area contributed by atoms with Crippen LogP contribution in [0.5, 0.6) is 5.75 Å². The van der Waals surface area contributed by atoms with Gasteiger partial charge in [-0.3, -0.25) is 0 Å². The second-order valence-electron chi connectivity index (χ2n) is 8.91. The molecule has 0 aromatic heterocycles. The molecule has 0 amide bonds. The van der Waals surface area contributed by atoms with Gasteiger partial charge in [-0.1, -0.05) is 36.8 Å². The minimum Gasteiger partial charge on any atom is -0.497 e. The van der Waals surface area contributed by atoms with Crippen molar-refractivity contribution in [2.24, 2.45) is 5.92 Å². The highest BCUT2D eigenvalue weighted by Gasteiger charge is 2.32. The lowest BCUT2D eigenvalue weighted by atomic mass is 9.75. The first kappa shape index (κ1) is 21.0. The maximum absolute atomic E-state index is 5.50. The average Bonchev–Trinajstić information content (AvgIpc) is 2.70. The number of allylic oxidation sites excluding steroid dienone is 2. The minimum atomic E-state index is 0.0557. The zero-order valence-corrected chi connectivity index (χ0v) is 18.1. The Hall–Kier alpha value is -1.74. The van der Waals surface area contributed by atoms with Gasteiger partial charge in [-0.05, 0) is 75.8 Å². The number of methoxy groups -OCH3 is 1. The van der Waals surface area contributed by atoms with Gasteiger partial charge in [0.15, 0.2) is 0 Å². The molecule has 3 rings (SSSR count). The summed E-state index contributed by atoms with van der Waals surface area (Å²) in [4.78, 5) is 2.55. The molecule has 3 heteroatoms. The van der Waals surface area contributed by atoms with Crippen molar-refractivity contribution in [3.05, 3.63) is 53.8 Å². The highest BCUT2D eigenvalue weighted by atomic mass is 16.5. The van der Waals surface area contributed by atoms with Crippen LogP contribution in [-0.2, 0) is 10.2 Å². The SMILES string of the molecule is COc1ccc(C2(C)C=CN(CCCC3CCOCC3)C(C=C(C)C)C2)cc1. The van der Waals surface area contributed by atoms with Gasteiger partial charge in [-0.2, -0.15) is 0 Å². The molecule has 0 N–H and O–H groups in total. The van der Waals surface area contributed by atoms with Crippen LogP contribution >= 0.6 is 0 Å². The highest BCUT2D eigenvalue weighted by molar-refractivity contribution is 5.37. The van der Waals surface area contributed by atoms with E-state index in [-0.39, 0.29) is 5.41 Å². The van der Waals surface area contributed by atoms with Crippen LogP contribution in [0.25, 0.3) is 0 Å². The molecule has 2 aliphatic heterocycles. The maximum atomic E-state index is 5.50. The molecule has 1 aromatic carbocycles. The number of hydrogen-bond acceptors (Lipinski definition) is 3. The van der Waals surface area contributed by atoms with Gasteiger partial charge in [0, 0.05) is 31.2 Å². The van der Waals surface area contributed by atoms with Gasteiger partial charge in [0.05, 0.1) is 7.11 Å². The molecule has 0 radical (unpaired) electrons. The minimum absolute atomic E-state index is 0.0557. The lowest BCUT2D eigenvalue weighted by molar-refractivity contribution is 0.0623. The third-order valence-corrected chi connectivity index (χ3v) is 6.34. The molecule has 154 valence electrons. The number of benzene rings is 1. The van der Waals surface area contributed by atoms with E-state index in [0.717, 1.165) is 37.8 Å². The number of hydrogen-bond donors (Lipinski definition) is 0. The molecule has 28 heavy (non-hydrogen) atoms. The van der Waals surface area contributed by atoms with E-state index in [0.29, 0.717) is 6.04 Å². The van der Waals surface area contributed by atoms with Gasteiger partial charge >= 0.3 is 0 Å². The Labute approximate surface area is 171 Å². The smallest absolute Gasteiger partial charge is 0.118 e. The van der Waals surface area contributed by atoms with Crippen molar-refractivity contribution in [2.75, 3.05) is 26.9 Å². The van der Waals surface area contributed by atoms with Crippen LogP contribution in [-0.4, -0.2) is 37.8 Å². The van der Waals surface area contributed by atoms with E-state index in [9.17, 15) is 0 Å². The van der Waals surface area contributed by atoms with Crippen LogP contribution in [0.15, 0.2) is 48.2 Å². The fourth-order valence-electron chi connectivity index (χ4n) is 4.55. The zero-order valence-electron chi connectivity index (χ0n) is 18.1. The van der Waals surface area contributed by atoms with Crippen molar-refractivity contribution in [3.63, 3.8) is 0 Å². The molecule has 1 saturated heterocycles. The standard InChI is InChI=1S/C25H37NO2/c1-20(2)18-23-19-25(3,22-7-9-24(27-4)10-8-22)13-15-26(23)14-5-6-21-11-16-28-17-12-21/h7-10,13,15,18,21,23H,5-6,11-12,14,16-17,19H2,1-4H3. The monoisotopic (exact) mass is 383 g/mol. The van der Waals surface area contributed by atoms with E-state index in [1.807, 2.05) is 0 Å². The van der Waals surface area contributed by atoms with Crippen molar-refractivity contribution in [2.45, 2.75) is 64.3 Å². The summed E-state index contributed by atoms with van der Waals surface area (Å²) in [6.45, 7) is 9.83. The van der Waals surface area contributed by atoms with Gasteiger partial charge in [0.2, 0.25) is 0 Å². The van der Waals surface area contributed by atoms with Gasteiger partial charge < -0.3 is 14.4 Å². The zero-order chi connectivity index (χ0) is 20.0. The molecule has 0 bridgehead atoms. The summed E-state index contributed by atoms with van der Waals surface area (Å²) in [6.07, 6.45) is 13.4. The Morgan fingerprint density at radius 1 is 1.21 bits per heavy atom. The summed E-state index contributed by atoms with van der Waals surface area (Å²) < 4.78 is 10.8. The van der Waals surface area contributed by atoms with E-state index in [2.05, 4.69) is 68.3 Å². The predicted molar refractivity (Wildman–Crippen MR) is 117 cm³/mol. The summed E-state index contributed by atoms with van der Waals surface area (Å²) >= 11 is 0. The largest absolute Gasteiger partial charge is 0.497 e. The average molecular weight is 384 g/mol. The summed E-state index contributed by atoms with van der Waals surface area (Å²) in [5.41, 5.74) is 2.81. The number of nitrogens with zero attached hydrogens (tertiary/aromatic N) is 1. The van der Waals surface area contributed by atoms with E-state index < -0.39 is 0 Å². The summed E-state index contributed by atoms with van der Waals surface area (Å²) in [6, 6.07) is 9.03. The van der Waals surface area contributed by atoms with Crippen molar-refractivity contribution in [1.29, 1.82) is 0 Å². The molecule has 0 aliphatic carbocycles. The Morgan fingerprint density at radius 3 is 2.57 bits per heavy atom. The van der Waals surface area contributed by atoms with E-state index in [1.165, 1.54) is 36.8 Å². The summed E-state index contributed by atoms with van der Waals surface area (Å²) in [7, 11) is 1.72. The second-order valence-corrected chi connectivity index (χ2v) is 8.91. The molecule has 0 saturated carbocycles. The number of rotatable bonds is 7. The molecule has 2 aliphatic rings. The van der Waals surface area contributed by atoms with Crippen LogP contribution in [0.1, 0.15) is 58.4 Å². The van der Waals surface area contributed by atoms with Crippen LogP contribution in [0.2, 0.25) is 0 Å². The van der Waals surface area contributed by atoms with Crippen LogP contribution in [0, 0.1) is 5.92 Å². The Balaban J connectivity index is 1.68. The lowest BCUT2D eigenvalue weighted by Gasteiger charge is -2.41. The molecule has 2 heterocycles. The molecule has 0 spiro atoms. The second kappa shape index (κ2) is 9.65. The Bertz CT molecular complexity index is 668. The van der Waals surface area contributed by atoms with Crippen molar-refractivity contribution in [3.8, 4) is 5.75 Å². The van der Waals surface area contributed by atoms with Crippen molar-refractivity contribution in [1.82, 2.24) is 4.90 Å². The van der Waals surface area contributed by atoms with Crippen LogP contribution < -0.4 is 4.74 Å². The summed E-state index contributed by atoms with van der Waals surface area (Å²) in [5.74, 6) is 1.77. The third kappa shape index (κ3) is 5.41. The van der Waals surface area contributed by atoms with Gasteiger partial charge in [-0.15, -0.1) is 0 Å². The Kier molecular flexibility index (Phi) is 7.23. The first-order valence-corrected chi connectivity index (χ1v) is 10.8. The van der Waals surface area contributed by atoms with Gasteiger partial charge in [0.1, 0.15) is 5.75 Å². The molecule has 3 nitrogen and oxygen atoms in total. The first-order chi connectivity index (χ1) is 13.5. The summed E-state index contributed by atoms with van der Waals surface area (Å²) in [5, 5.41) is 0. The molecular formula is C25H37NO2. The number of ether oxygens (including phenoxy) is 2. The first-order valence-electron chi connectivity index (χ1n) is 10.8. The molecule has 1 fully saturated rings. The fourth-order valence-corrected chi connectivity index (χ4v) is 4.55. The van der Waals surface area contributed by atoms with Crippen molar-refractivity contribution >= 4 is 0 Å². The van der Waals surface area contributed by atoms with Crippen molar-refractivity contribution < 1.29 is 9.47 Å².